The topological polar surface area (TPSA) is 82.2 Å². The van der Waals surface area contributed by atoms with Gasteiger partial charge in [0.25, 0.3) is 10.0 Å². The van der Waals surface area contributed by atoms with E-state index < -0.39 is 10.0 Å². The number of aromatic nitrogens is 1. The van der Waals surface area contributed by atoms with Gasteiger partial charge in [0.1, 0.15) is 4.90 Å². The van der Waals surface area contributed by atoms with Crippen LogP contribution in [0.3, 0.4) is 0 Å². The first-order valence-corrected chi connectivity index (χ1v) is 7.90. The van der Waals surface area contributed by atoms with Crippen molar-refractivity contribution in [1.82, 2.24) is 4.98 Å². The minimum absolute atomic E-state index is 0.0244. The van der Waals surface area contributed by atoms with E-state index in [9.17, 15) is 8.42 Å². The maximum Gasteiger partial charge on any atom is 0.263 e. The molecule has 0 spiro atoms. The number of aromatic amines is 1. The highest BCUT2D eigenvalue weighted by atomic mass is 35.5. The van der Waals surface area contributed by atoms with E-state index in [4.69, 9.17) is 39.9 Å². The van der Waals surface area contributed by atoms with Crippen molar-refractivity contribution >= 4 is 50.5 Å². The summed E-state index contributed by atoms with van der Waals surface area (Å²) < 4.78 is 26.6. The fourth-order valence-electron chi connectivity index (χ4n) is 1.47. The first kappa shape index (κ1) is 15.5. The molecule has 9 heteroatoms. The number of aliphatic hydroxyl groups is 1. The van der Waals surface area contributed by atoms with Gasteiger partial charge in [0.2, 0.25) is 0 Å². The van der Waals surface area contributed by atoms with Crippen LogP contribution in [0.1, 0.15) is 5.69 Å². The average molecular weight is 356 g/mol. The number of anilines is 1. The largest absolute Gasteiger partial charge is 0.390 e. The standard InChI is InChI=1S/C11H9Cl3N2O3S/c12-8-2-10(14)11(3-9(8)13)16-20(18,19)7-1-6(5-17)15-4-7/h1-4,15-17H,5H2. The Labute approximate surface area is 130 Å². The van der Waals surface area contributed by atoms with Crippen molar-refractivity contribution in [2.75, 3.05) is 4.72 Å². The fraction of sp³-hybridized carbons (Fsp3) is 0.0909. The van der Waals surface area contributed by atoms with Crippen LogP contribution in [0.25, 0.3) is 0 Å². The summed E-state index contributed by atoms with van der Waals surface area (Å²) in [7, 11) is -3.83. The van der Waals surface area contributed by atoms with Gasteiger partial charge in [0.05, 0.1) is 27.4 Å². The molecule has 2 rings (SSSR count). The second-order valence-corrected chi connectivity index (χ2v) is 6.77. The van der Waals surface area contributed by atoms with Crippen LogP contribution in [0.2, 0.25) is 15.1 Å². The van der Waals surface area contributed by atoms with E-state index >= 15 is 0 Å². The predicted octanol–water partition coefficient (Wildman–Crippen LogP) is 3.27. The Morgan fingerprint density at radius 3 is 2.35 bits per heavy atom. The number of hydrogen-bond donors (Lipinski definition) is 3. The number of aliphatic hydroxyl groups excluding tert-OH is 1. The summed E-state index contributed by atoms with van der Waals surface area (Å²) in [4.78, 5) is 2.61. The van der Waals surface area contributed by atoms with Crippen LogP contribution < -0.4 is 4.72 Å². The summed E-state index contributed by atoms with van der Waals surface area (Å²) in [6, 6.07) is 3.98. The van der Waals surface area contributed by atoms with Gasteiger partial charge in [0, 0.05) is 11.9 Å². The minimum atomic E-state index is -3.83. The summed E-state index contributed by atoms with van der Waals surface area (Å²) in [5, 5.41) is 9.45. The van der Waals surface area contributed by atoms with Gasteiger partial charge >= 0.3 is 0 Å². The molecule has 0 unspecified atom stereocenters. The number of benzene rings is 1. The maximum atomic E-state index is 12.1. The molecule has 0 aliphatic rings. The normalized spacial score (nSPS) is 11.6. The molecular formula is C11H9Cl3N2O3S. The first-order valence-electron chi connectivity index (χ1n) is 5.29. The second-order valence-electron chi connectivity index (χ2n) is 3.87. The average Bonchev–Trinajstić information content (AvgIpc) is 2.85. The monoisotopic (exact) mass is 354 g/mol. The van der Waals surface area contributed by atoms with Crippen molar-refractivity contribution in [3.05, 3.63) is 45.2 Å². The SMILES string of the molecule is O=S(=O)(Nc1cc(Cl)c(Cl)cc1Cl)c1c[nH]c(CO)c1. The van der Waals surface area contributed by atoms with Crippen molar-refractivity contribution in [2.24, 2.45) is 0 Å². The summed E-state index contributed by atoms with van der Waals surface area (Å²) in [5.41, 5.74) is 0.499. The number of H-pyrrole nitrogens is 1. The Morgan fingerprint density at radius 2 is 1.75 bits per heavy atom. The van der Waals surface area contributed by atoms with E-state index in [0.29, 0.717) is 5.69 Å². The summed E-state index contributed by atoms with van der Waals surface area (Å²) >= 11 is 17.5. The number of halogens is 3. The zero-order valence-corrected chi connectivity index (χ0v) is 12.9. The molecule has 1 aromatic heterocycles. The lowest BCUT2D eigenvalue weighted by molar-refractivity contribution is 0.277. The van der Waals surface area contributed by atoms with Crippen LogP contribution in [0, 0.1) is 0 Å². The van der Waals surface area contributed by atoms with Gasteiger partial charge in [0.15, 0.2) is 0 Å². The van der Waals surface area contributed by atoms with Gasteiger partial charge in [-0.3, -0.25) is 4.72 Å². The number of sulfonamides is 1. The van der Waals surface area contributed by atoms with E-state index in [1.165, 1.54) is 24.4 Å². The van der Waals surface area contributed by atoms with E-state index in [-0.39, 0.29) is 32.3 Å². The Morgan fingerprint density at radius 1 is 1.10 bits per heavy atom. The second kappa shape index (κ2) is 5.83. The smallest absolute Gasteiger partial charge is 0.263 e. The van der Waals surface area contributed by atoms with Crippen molar-refractivity contribution < 1.29 is 13.5 Å². The summed E-state index contributed by atoms with van der Waals surface area (Å²) in [5.74, 6) is 0. The molecule has 0 saturated carbocycles. The molecule has 20 heavy (non-hydrogen) atoms. The predicted molar refractivity (Wildman–Crippen MR) is 79.0 cm³/mol. The molecule has 0 saturated heterocycles. The molecular weight excluding hydrogens is 347 g/mol. The maximum absolute atomic E-state index is 12.1. The summed E-state index contributed by atoms with van der Waals surface area (Å²) in [6.45, 7) is -0.289. The van der Waals surface area contributed by atoms with Crippen LogP contribution in [0.4, 0.5) is 5.69 Å². The highest BCUT2D eigenvalue weighted by molar-refractivity contribution is 7.92. The lowest BCUT2D eigenvalue weighted by Gasteiger charge is -2.09. The quantitative estimate of drug-likeness (QED) is 0.736. The third-order valence-electron chi connectivity index (χ3n) is 2.45. The molecule has 1 aromatic carbocycles. The molecule has 0 atom stereocenters. The van der Waals surface area contributed by atoms with Crippen LogP contribution in [-0.2, 0) is 16.6 Å². The van der Waals surface area contributed by atoms with Crippen molar-refractivity contribution in [1.29, 1.82) is 0 Å². The van der Waals surface area contributed by atoms with E-state index in [0.717, 1.165) is 0 Å². The molecule has 3 N–H and O–H groups in total. The van der Waals surface area contributed by atoms with E-state index in [1.807, 2.05) is 0 Å². The van der Waals surface area contributed by atoms with Gasteiger partial charge in [-0.15, -0.1) is 0 Å². The Hall–Kier alpha value is -0.920. The van der Waals surface area contributed by atoms with Crippen molar-refractivity contribution in [2.45, 2.75) is 11.5 Å². The first-order chi connectivity index (χ1) is 9.33. The third-order valence-corrected chi connectivity index (χ3v) is 4.83. The fourth-order valence-corrected chi connectivity index (χ4v) is 3.21. The lowest BCUT2D eigenvalue weighted by Crippen LogP contribution is -2.12. The molecule has 0 fully saturated rings. The van der Waals surface area contributed by atoms with Gasteiger partial charge < -0.3 is 10.1 Å². The minimum Gasteiger partial charge on any atom is -0.390 e. The Bertz CT molecular complexity index is 743. The molecule has 108 valence electrons. The zero-order chi connectivity index (χ0) is 14.9. The van der Waals surface area contributed by atoms with Crippen LogP contribution in [0.15, 0.2) is 29.3 Å². The highest BCUT2D eigenvalue weighted by Crippen LogP contribution is 2.33. The molecule has 0 amide bonds. The molecule has 5 nitrogen and oxygen atoms in total. The third kappa shape index (κ3) is 3.21. The van der Waals surface area contributed by atoms with Gasteiger partial charge in [-0.2, -0.15) is 0 Å². The molecule has 0 radical (unpaired) electrons. The molecule has 2 aromatic rings. The summed E-state index contributed by atoms with van der Waals surface area (Å²) in [6.07, 6.45) is 1.26. The van der Waals surface area contributed by atoms with Gasteiger partial charge in [-0.05, 0) is 18.2 Å². The molecule has 0 bridgehead atoms. The van der Waals surface area contributed by atoms with E-state index in [1.54, 1.807) is 0 Å². The van der Waals surface area contributed by atoms with Crippen LogP contribution in [-0.4, -0.2) is 18.5 Å². The molecule has 0 aliphatic carbocycles. The highest BCUT2D eigenvalue weighted by Gasteiger charge is 2.18. The van der Waals surface area contributed by atoms with Crippen molar-refractivity contribution in [3.63, 3.8) is 0 Å². The van der Waals surface area contributed by atoms with Gasteiger partial charge in [-0.1, -0.05) is 34.8 Å². The van der Waals surface area contributed by atoms with Crippen LogP contribution in [0.5, 0.6) is 0 Å². The number of rotatable bonds is 4. The lowest BCUT2D eigenvalue weighted by atomic mass is 10.3. The van der Waals surface area contributed by atoms with Gasteiger partial charge in [-0.25, -0.2) is 8.42 Å². The van der Waals surface area contributed by atoms with Crippen molar-refractivity contribution in [3.8, 4) is 0 Å². The molecule has 1 heterocycles. The van der Waals surface area contributed by atoms with E-state index in [2.05, 4.69) is 9.71 Å². The Kier molecular flexibility index (Phi) is 4.51. The Balaban J connectivity index is 2.35. The van der Waals surface area contributed by atoms with Crippen LogP contribution >= 0.6 is 34.8 Å². The number of nitrogens with one attached hydrogen (secondary N) is 2. The molecule has 0 aliphatic heterocycles. The zero-order valence-electron chi connectivity index (χ0n) is 9.82. The number of hydrogen-bond acceptors (Lipinski definition) is 3.